The maximum absolute atomic E-state index is 13.3. The van der Waals surface area contributed by atoms with E-state index in [1.165, 1.54) is 3.98 Å². The molecule has 1 aliphatic carbocycles. The average molecular weight is 502 g/mol. The summed E-state index contributed by atoms with van der Waals surface area (Å²) in [6, 6.07) is 6.73. The van der Waals surface area contributed by atoms with Gasteiger partial charge >= 0.3 is 15.8 Å². The van der Waals surface area contributed by atoms with Crippen molar-refractivity contribution in [2.75, 3.05) is 12.3 Å². The highest BCUT2D eigenvalue weighted by molar-refractivity contribution is 7.89. The lowest BCUT2D eigenvalue weighted by atomic mass is 10.1. The van der Waals surface area contributed by atoms with Crippen molar-refractivity contribution in [3.63, 3.8) is 0 Å². The van der Waals surface area contributed by atoms with Gasteiger partial charge in [-0.05, 0) is 49.7 Å². The van der Waals surface area contributed by atoms with E-state index in [9.17, 15) is 16.8 Å². The van der Waals surface area contributed by atoms with Gasteiger partial charge in [-0.1, -0.05) is 17.7 Å². The number of fused-ring (bicyclic) bond motifs is 3. The molecular weight excluding hydrogens is 476 g/mol. The zero-order chi connectivity index (χ0) is 23.7. The first-order valence-corrected chi connectivity index (χ1v) is 14.5. The maximum Gasteiger partial charge on any atom is 0.358 e. The molecule has 2 atom stereocenters. The Morgan fingerprint density at radius 1 is 1.12 bits per heavy atom. The van der Waals surface area contributed by atoms with E-state index in [0.717, 1.165) is 29.9 Å². The first-order valence-electron chi connectivity index (χ1n) is 11.4. The highest BCUT2D eigenvalue weighted by Crippen LogP contribution is 2.39. The summed E-state index contributed by atoms with van der Waals surface area (Å²) in [5.74, 6) is 1.37. The van der Waals surface area contributed by atoms with Crippen molar-refractivity contribution in [2.45, 2.75) is 55.9 Å². The van der Waals surface area contributed by atoms with Crippen molar-refractivity contribution < 1.29 is 20.8 Å². The van der Waals surface area contributed by atoms with E-state index in [4.69, 9.17) is 0 Å². The lowest BCUT2D eigenvalue weighted by Crippen LogP contribution is -2.34. The van der Waals surface area contributed by atoms with Crippen LogP contribution in [0.3, 0.4) is 0 Å². The minimum Gasteiger partial charge on any atom is -0.271 e. The maximum atomic E-state index is 13.3. The zero-order valence-corrected chi connectivity index (χ0v) is 20.3. The number of hydrogen-bond donors (Lipinski definition) is 0. The number of aryl methyl sites for hydroxylation is 1. The molecule has 1 aromatic carbocycles. The van der Waals surface area contributed by atoms with Crippen molar-refractivity contribution >= 4 is 37.7 Å². The minimum atomic E-state index is -3.80. The molecule has 0 spiro atoms. The molecule has 1 saturated heterocycles. The molecule has 0 N–H and O–H groups in total. The monoisotopic (exact) mass is 501 g/mol. The van der Waals surface area contributed by atoms with Crippen LogP contribution in [0.25, 0.3) is 5.65 Å². The SMILES string of the molecule is Cc1ccc(S(=O)(=O)[N+]2=CCc3c2ncc2nnc([C@@H]4CC[C@H](N5CCCS5(=O)=O)C4)n32)cc1. The molecule has 2 fully saturated rings. The number of benzene rings is 1. The van der Waals surface area contributed by atoms with E-state index in [1.807, 2.05) is 11.3 Å². The Morgan fingerprint density at radius 3 is 2.65 bits per heavy atom. The molecule has 3 aromatic rings. The molecule has 12 heteroatoms. The van der Waals surface area contributed by atoms with Crippen LogP contribution in [0.15, 0.2) is 35.4 Å². The third-order valence-electron chi connectivity index (χ3n) is 7.10. The summed E-state index contributed by atoms with van der Waals surface area (Å²) in [5, 5.41) is 8.71. The number of nitrogens with zero attached hydrogens (tertiary/aromatic N) is 6. The molecule has 2 aliphatic heterocycles. The number of aromatic nitrogens is 4. The van der Waals surface area contributed by atoms with Crippen LogP contribution >= 0.6 is 0 Å². The van der Waals surface area contributed by atoms with E-state index < -0.39 is 20.0 Å². The molecule has 0 radical (unpaired) electrons. The fourth-order valence-corrected chi connectivity index (χ4v) is 8.55. The van der Waals surface area contributed by atoms with Gasteiger partial charge in [-0.3, -0.25) is 4.40 Å². The van der Waals surface area contributed by atoms with E-state index >= 15 is 0 Å². The van der Waals surface area contributed by atoms with Crippen molar-refractivity contribution in [3.8, 4) is 0 Å². The van der Waals surface area contributed by atoms with Gasteiger partial charge in [-0.2, -0.15) is 12.7 Å². The summed E-state index contributed by atoms with van der Waals surface area (Å²) in [6.07, 6.45) is 6.51. The Kier molecular flexibility index (Phi) is 4.91. The van der Waals surface area contributed by atoms with Crippen LogP contribution in [0.4, 0.5) is 5.82 Å². The first kappa shape index (κ1) is 21.8. The summed E-state index contributed by atoms with van der Waals surface area (Å²) in [4.78, 5) is 4.63. The molecule has 6 rings (SSSR count). The van der Waals surface area contributed by atoms with E-state index in [0.29, 0.717) is 37.3 Å². The molecule has 10 nitrogen and oxygen atoms in total. The molecule has 0 unspecified atom stereocenters. The predicted molar refractivity (Wildman–Crippen MR) is 124 cm³/mol. The molecule has 4 heterocycles. The molecule has 3 aliphatic rings. The van der Waals surface area contributed by atoms with Crippen molar-refractivity contribution in [3.05, 3.63) is 47.5 Å². The number of rotatable bonds is 4. The van der Waals surface area contributed by atoms with Crippen molar-refractivity contribution in [1.29, 1.82) is 0 Å². The van der Waals surface area contributed by atoms with Crippen LogP contribution in [0.5, 0.6) is 0 Å². The Hall–Kier alpha value is -2.70. The summed E-state index contributed by atoms with van der Waals surface area (Å²) < 4.78 is 56.2. The Balaban J connectivity index is 1.35. The quantitative estimate of drug-likeness (QED) is 0.500. The van der Waals surface area contributed by atoms with Gasteiger partial charge in [-0.25, -0.2) is 8.42 Å². The van der Waals surface area contributed by atoms with Gasteiger partial charge in [0.25, 0.3) is 0 Å². The predicted octanol–water partition coefficient (Wildman–Crippen LogP) is 1.76. The molecule has 34 heavy (non-hydrogen) atoms. The van der Waals surface area contributed by atoms with Crippen LogP contribution in [0, 0.1) is 6.92 Å². The second kappa shape index (κ2) is 7.65. The van der Waals surface area contributed by atoms with Crippen LogP contribution in [-0.2, 0) is 26.5 Å². The Labute approximate surface area is 198 Å². The molecular formula is C22H25N6O4S2+. The highest BCUT2D eigenvalue weighted by Gasteiger charge is 2.42. The van der Waals surface area contributed by atoms with Crippen molar-refractivity contribution in [2.24, 2.45) is 0 Å². The van der Waals surface area contributed by atoms with Gasteiger partial charge in [0, 0.05) is 18.5 Å². The normalized spacial score (nSPS) is 24.6. The lowest BCUT2D eigenvalue weighted by Gasteiger charge is -2.22. The van der Waals surface area contributed by atoms with E-state index in [1.54, 1.807) is 41.0 Å². The first-order chi connectivity index (χ1) is 16.3. The van der Waals surface area contributed by atoms with Gasteiger partial charge in [0.2, 0.25) is 15.7 Å². The molecule has 2 aromatic heterocycles. The third-order valence-corrected chi connectivity index (χ3v) is 10.8. The largest absolute Gasteiger partial charge is 0.358 e. The van der Waals surface area contributed by atoms with Crippen LogP contribution in [-0.4, -0.2) is 69.3 Å². The molecule has 1 saturated carbocycles. The lowest BCUT2D eigenvalue weighted by molar-refractivity contribution is -0.257. The van der Waals surface area contributed by atoms with Gasteiger partial charge in [0.1, 0.15) is 16.4 Å². The number of hydrogen-bond acceptors (Lipinski definition) is 7. The van der Waals surface area contributed by atoms with Crippen LogP contribution in [0.1, 0.15) is 48.7 Å². The summed E-state index contributed by atoms with van der Waals surface area (Å²) in [5.41, 5.74) is 2.27. The summed E-state index contributed by atoms with van der Waals surface area (Å²) >= 11 is 0. The third kappa shape index (κ3) is 3.30. The van der Waals surface area contributed by atoms with Crippen molar-refractivity contribution in [1.82, 2.24) is 23.9 Å². The Morgan fingerprint density at radius 2 is 1.91 bits per heavy atom. The fourth-order valence-electron chi connectivity index (χ4n) is 5.41. The molecule has 0 amide bonds. The second-order valence-electron chi connectivity index (χ2n) is 9.23. The number of sulfonamides is 2. The highest BCUT2D eigenvalue weighted by atomic mass is 32.2. The summed E-state index contributed by atoms with van der Waals surface area (Å²) in [6.45, 7) is 2.49. The Bertz CT molecular complexity index is 1540. The van der Waals surface area contributed by atoms with Gasteiger partial charge in [0.05, 0.1) is 18.4 Å². The topological polar surface area (TPSA) is 118 Å². The molecule has 0 bridgehead atoms. The standard InChI is InChI=1S/C22H25N6O4S2/c1-15-3-7-18(8-4-15)34(31,32)27-11-9-19-22(27)23-14-20-24-25-21(28(19)20)16-5-6-17(13-16)26-10-2-12-33(26,29)30/h3-4,7-8,11,14,16-17H,2,5-6,9-10,12-13H2,1H3/q+1/t16-,17+/m1/s1. The minimum absolute atomic E-state index is 0.0234. The molecule has 178 valence electrons. The fraction of sp³-hybridized carbons (Fsp3) is 0.455. The van der Waals surface area contributed by atoms with E-state index in [2.05, 4.69) is 15.2 Å². The van der Waals surface area contributed by atoms with Crippen LogP contribution < -0.4 is 0 Å². The van der Waals surface area contributed by atoms with Gasteiger partial charge < -0.3 is 0 Å². The van der Waals surface area contributed by atoms with E-state index in [-0.39, 0.29) is 22.6 Å². The smallest absolute Gasteiger partial charge is 0.271 e. The van der Waals surface area contributed by atoms with Crippen LogP contribution in [0.2, 0.25) is 0 Å². The second-order valence-corrected chi connectivity index (χ2v) is 13.1. The van der Waals surface area contributed by atoms with Gasteiger partial charge in [-0.15, -0.1) is 14.2 Å². The van der Waals surface area contributed by atoms with Gasteiger partial charge in [0.15, 0.2) is 6.20 Å². The zero-order valence-electron chi connectivity index (χ0n) is 18.7. The average Bonchev–Trinajstić information content (AvgIpc) is 3.57. The summed E-state index contributed by atoms with van der Waals surface area (Å²) in [7, 11) is -6.96.